The highest BCUT2D eigenvalue weighted by molar-refractivity contribution is 7.45. The molecule has 0 aromatic carbocycles. The highest BCUT2D eigenvalue weighted by Crippen LogP contribution is 2.38. The van der Waals surface area contributed by atoms with Crippen LogP contribution in [0.25, 0.3) is 0 Å². The average Bonchev–Trinajstić information content (AvgIpc) is 3.17. The number of quaternary nitrogens is 1. The van der Waals surface area contributed by atoms with E-state index in [0.29, 0.717) is 17.4 Å². The van der Waals surface area contributed by atoms with Crippen molar-refractivity contribution in [3.05, 3.63) is 36.5 Å². The van der Waals surface area contributed by atoms with Gasteiger partial charge in [0.15, 0.2) is 6.10 Å². The van der Waals surface area contributed by atoms with E-state index in [1.54, 1.807) is 0 Å². The van der Waals surface area contributed by atoms with Crippen LogP contribution < -0.4 is 4.89 Å². The van der Waals surface area contributed by atoms with Gasteiger partial charge in [0.25, 0.3) is 7.82 Å². The van der Waals surface area contributed by atoms with Crippen molar-refractivity contribution in [1.82, 2.24) is 0 Å². The van der Waals surface area contributed by atoms with E-state index in [2.05, 4.69) is 50.3 Å². The number of allylic oxidation sites excluding steroid dienone is 6. The quantitative estimate of drug-likeness (QED) is 0.0196. The number of likely N-dealkylation sites (N-methyl/N-ethyl adjacent to an activating group) is 1. The second-order valence-corrected chi connectivity index (χ2v) is 18.5. The van der Waals surface area contributed by atoms with Crippen molar-refractivity contribution in [2.45, 2.75) is 213 Å². The largest absolute Gasteiger partial charge is 0.756 e. The lowest BCUT2D eigenvalue weighted by Crippen LogP contribution is -2.37. The maximum absolute atomic E-state index is 12.7. The third-order valence-corrected chi connectivity index (χ3v) is 11.1. The average molecular weight is 840 g/mol. The fourth-order valence-electron chi connectivity index (χ4n) is 6.39. The van der Waals surface area contributed by atoms with Crippen LogP contribution in [0.1, 0.15) is 206 Å². The fraction of sp³-hybridized carbons (Fsp3) is 0.833. The van der Waals surface area contributed by atoms with Crippen LogP contribution in [0.2, 0.25) is 0 Å². The number of carbonyl (C=O) groups is 2. The molecule has 0 aromatic heterocycles. The molecule has 0 fully saturated rings. The summed E-state index contributed by atoms with van der Waals surface area (Å²) in [5.41, 5.74) is 0. The summed E-state index contributed by atoms with van der Waals surface area (Å²) in [6, 6.07) is 0. The second-order valence-electron chi connectivity index (χ2n) is 17.1. The zero-order valence-electron chi connectivity index (χ0n) is 38.2. The minimum Gasteiger partial charge on any atom is -0.756 e. The van der Waals surface area contributed by atoms with Gasteiger partial charge in [0.2, 0.25) is 0 Å². The van der Waals surface area contributed by atoms with Gasteiger partial charge in [0.05, 0.1) is 27.7 Å². The minimum atomic E-state index is -4.63. The SMILES string of the molecule is CCCCC/C=C\C/C=C\CCCCCCCC(=O)O[C@H](COC(=O)CCCCCCCCCCC/C=C\CCCCCCCC)COP(=O)([O-])OCC[N+](C)(C)C. The molecule has 340 valence electrons. The molecule has 0 aliphatic carbocycles. The first-order valence-corrected chi connectivity index (χ1v) is 25.2. The first-order valence-electron chi connectivity index (χ1n) is 23.7. The summed E-state index contributed by atoms with van der Waals surface area (Å²) in [7, 11) is 1.16. The molecule has 2 atom stereocenters. The molecule has 9 nitrogen and oxygen atoms in total. The summed E-state index contributed by atoms with van der Waals surface area (Å²) >= 11 is 0. The lowest BCUT2D eigenvalue weighted by atomic mass is 10.1. The standard InChI is InChI=1S/C48H90NO8P/c1-6-8-10-12-14-16-18-20-22-23-24-25-27-28-30-32-34-36-38-40-47(50)54-44-46(45-56-58(52,53)55-43-42-49(3,4)5)57-48(51)41-39-37-35-33-31-29-26-21-19-17-15-13-11-9-7-2/h15,17,20-22,26,46H,6-14,16,18-19,23-25,27-45H2,1-5H3/b17-15-,22-20-,26-21-/t46-/m1/s1. The first-order chi connectivity index (χ1) is 28.0. The molecule has 0 aliphatic rings. The maximum atomic E-state index is 12.7. The Morgan fingerprint density at radius 3 is 1.41 bits per heavy atom. The molecule has 10 heteroatoms. The number of rotatable bonds is 43. The third-order valence-electron chi connectivity index (χ3n) is 10.1. The van der Waals surface area contributed by atoms with Gasteiger partial charge in [-0.05, 0) is 70.6 Å². The van der Waals surface area contributed by atoms with Crippen LogP contribution >= 0.6 is 7.82 Å². The van der Waals surface area contributed by atoms with Crippen molar-refractivity contribution < 1.29 is 42.1 Å². The summed E-state index contributed by atoms with van der Waals surface area (Å²) in [6.45, 7) is 4.19. The number of ether oxygens (including phenoxy) is 2. The molecular weight excluding hydrogens is 750 g/mol. The summed E-state index contributed by atoms with van der Waals surface area (Å²) < 4.78 is 33.9. The van der Waals surface area contributed by atoms with Gasteiger partial charge in [-0.25, -0.2) is 0 Å². The highest BCUT2D eigenvalue weighted by atomic mass is 31.2. The number of hydrogen-bond donors (Lipinski definition) is 0. The molecule has 0 radical (unpaired) electrons. The van der Waals surface area contributed by atoms with Crippen LogP contribution in [0.4, 0.5) is 0 Å². The monoisotopic (exact) mass is 840 g/mol. The minimum absolute atomic E-state index is 0.0339. The molecular formula is C48H90NO8P. The number of hydrogen-bond acceptors (Lipinski definition) is 8. The zero-order chi connectivity index (χ0) is 42.8. The van der Waals surface area contributed by atoms with Gasteiger partial charge >= 0.3 is 11.9 Å². The van der Waals surface area contributed by atoms with E-state index in [1.807, 2.05) is 21.1 Å². The topological polar surface area (TPSA) is 111 Å². The molecule has 0 aromatic rings. The molecule has 0 rings (SSSR count). The molecule has 0 heterocycles. The summed E-state index contributed by atoms with van der Waals surface area (Å²) in [5.74, 6) is -0.849. The van der Waals surface area contributed by atoms with Gasteiger partial charge in [0, 0.05) is 12.8 Å². The molecule has 58 heavy (non-hydrogen) atoms. The smallest absolute Gasteiger partial charge is 0.306 e. The lowest BCUT2D eigenvalue weighted by molar-refractivity contribution is -0.870. The number of esters is 2. The number of carbonyl (C=O) groups excluding carboxylic acids is 2. The second kappa shape index (κ2) is 40.6. The molecule has 0 N–H and O–H groups in total. The van der Waals surface area contributed by atoms with E-state index in [4.69, 9.17) is 18.5 Å². The number of phosphoric ester groups is 1. The lowest BCUT2D eigenvalue weighted by Gasteiger charge is -2.28. The van der Waals surface area contributed by atoms with Crippen molar-refractivity contribution in [3.63, 3.8) is 0 Å². The van der Waals surface area contributed by atoms with Crippen molar-refractivity contribution >= 4 is 19.8 Å². The van der Waals surface area contributed by atoms with E-state index < -0.39 is 26.5 Å². The van der Waals surface area contributed by atoms with E-state index in [0.717, 1.165) is 57.8 Å². The van der Waals surface area contributed by atoms with Gasteiger partial charge < -0.3 is 27.9 Å². The Labute approximate surface area is 357 Å². The molecule has 1 unspecified atom stereocenters. The van der Waals surface area contributed by atoms with Crippen molar-refractivity contribution in [2.24, 2.45) is 0 Å². The zero-order valence-corrected chi connectivity index (χ0v) is 39.1. The third kappa shape index (κ3) is 43.8. The van der Waals surface area contributed by atoms with Gasteiger partial charge in [0.1, 0.15) is 19.8 Å². The van der Waals surface area contributed by atoms with Crippen LogP contribution in [0.3, 0.4) is 0 Å². The first kappa shape index (κ1) is 56.2. The number of phosphoric acid groups is 1. The Hall–Kier alpha value is -1.77. The molecule has 0 saturated heterocycles. The fourth-order valence-corrected chi connectivity index (χ4v) is 7.11. The predicted octanol–water partition coefficient (Wildman–Crippen LogP) is 13.1. The van der Waals surface area contributed by atoms with Crippen molar-refractivity contribution in [1.29, 1.82) is 0 Å². The highest BCUT2D eigenvalue weighted by Gasteiger charge is 2.21. The summed E-state index contributed by atoms with van der Waals surface area (Å²) in [6.07, 6.45) is 45.9. The Morgan fingerprint density at radius 1 is 0.534 bits per heavy atom. The Morgan fingerprint density at radius 2 is 0.931 bits per heavy atom. The van der Waals surface area contributed by atoms with E-state index in [1.165, 1.54) is 116 Å². The van der Waals surface area contributed by atoms with Crippen molar-refractivity contribution in [2.75, 3.05) is 47.5 Å². The van der Waals surface area contributed by atoms with E-state index >= 15 is 0 Å². The summed E-state index contributed by atoms with van der Waals surface area (Å²) in [4.78, 5) is 37.6. The van der Waals surface area contributed by atoms with Crippen LogP contribution in [-0.4, -0.2) is 70.0 Å². The van der Waals surface area contributed by atoms with Crippen molar-refractivity contribution in [3.8, 4) is 0 Å². The Bertz CT molecular complexity index is 1090. The Balaban J connectivity index is 4.31. The van der Waals surface area contributed by atoms with Crippen LogP contribution in [0.5, 0.6) is 0 Å². The van der Waals surface area contributed by atoms with Gasteiger partial charge in [-0.1, -0.05) is 159 Å². The molecule has 0 bridgehead atoms. The Kier molecular flexibility index (Phi) is 39.4. The summed E-state index contributed by atoms with van der Waals surface area (Å²) in [5, 5.41) is 0. The molecule has 0 spiro atoms. The predicted molar refractivity (Wildman–Crippen MR) is 241 cm³/mol. The molecule has 0 amide bonds. The van der Waals surface area contributed by atoms with E-state index in [-0.39, 0.29) is 32.0 Å². The molecule has 0 saturated carbocycles. The van der Waals surface area contributed by atoms with E-state index in [9.17, 15) is 19.0 Å². The van der Waals surface area contributed by atoms with Gasteiger partial charge in [-0.2, -0.15) is 0 Å². The number of unbranched alkanes of at least 4 members (excludes halogenated alkanes) is 23. The van der Waals surface area contributed by atoms with Crippen LogP contribution in [0, 0.1) is 0 Å². The number of nitrogens with zero attached hydrogens (tertiary/aromatic N) is 1. The van der Waals surface area contributed by atoms with Gasteiger partial charge in [-0.15, -0.1) is 0 Å². The maximum Gasteiger partial charge on any atom is 0.306 e. The molecule has 0 aliphatic heterocycles. The van der Waals surface area contributed by atoms with Crippen LogP contribution in [-0.2, 0) is 32.7 Å². The van der Waals surface area contributed by atoms with Crippen LogP contribution in [0.15, 0.2) is 36.5 Å². The normalized spacial score (nSPS) is 13.8. The van der Waals surface area contributed by atoms with Gasteiger partial charge in [-0.3, -0.25) is 14.2 Å².